The second-order valence-electron chi connectivity index (χ2n) is 6.96. The van der Waals surface area contributed by atoms with E-state index in [-0.39, 0.29) is 29.5 Å². The molecule has 1 saturated heterocycles. The van der Waals surface area contributed by atoms with Crippen molar-refractivity contribution in [3.05, 3.63) is 65.0 Å². The minimum absolute atomic E-state index is 0.0874. The van der Waals surface area contributed by atoms with Gasteiger partial charge in [-0.1, -0.05) is 18.2 Å². The third-order valence-corrected chi connectivity index (χ3v) is 5.45. The molecule has 0 bridgehead atoms. The van der Waals surface area contributed by atoms with Crippen LogP contribution in [0.5, 0.6) is 17.2 Å². The van der Waals surface area contributed by atoms with E-state index in [0.717, 1.165) is 11.1 Å². The van der Waals surface area contributed by atoms with Crippen LogP contribution in [0.15, 0.2) is 53.9 Å². The third-order valence-electron chi connectivity index (χ3n) is 5.45. The van der Waals surface area contributed by atoms with Crippen molar-refractivity contribution in [2.24, 2.45) is 11.7 Å². The van der Waals surface area contributed by atoms with Gasteiger partial charge in [-0.3, -0.25) is 0 Å². The van der Waals surface area contributed by atoms with Crippen LogP contribution in [-0.4, -0.2) is 25.6 Å². The number of hydrazine groups is 1. The maximum absolute atomic E-state index is 9.99. The number of benzene rings is 2. The molecule has 1 fully saturated rings. The zero-order valence-electron chi connectivity index (χ0n) is 16.0. The third kappa shape index (κ3) is 3.20. The lowest BCUT2D eigenvalue weighted by atomic mass is 9.74. The van der Waals surface area contributed by atoms with Crippen LogP contribution < -0.4 is 26.1 Å². The number of nitriles is 1. The summed E-state index contributed by atoms with van der Waals surface area (Å²) in [5, 5.41) is 19.8. The SMILES string of the molecule is COc1ccc(C2NNC3OC(N)=C(C#N)C(c4cccc(O)c4)C32)cc1OC. The van der Waals surface area contributed by atoms with E-state index in [0.29, 0.717) is 17.1 Å². The summed E-state index contributed by atoms with van der Waals surface area (Å²) in [6, 6.07) is 14.5. The molecule has 4 atom stereocenters. The number of nitrogens with zero attached hydrogens (tertiary/aromatic N) is 1. The molecule has 0 amide bonds. The Hall–Kier alpha value is -3.41. The van der Waals surface area contributed by atoms with Crippen LogP contribution in [0.25, 0.3) is 0 Å². The monoisotopic (exact) mass is 394 g/mol. The number of aromatic hydroxyl groups is 1. The number of fused-ring (bicyclic) bond motifs is 1. The summed E-state index contributed by atoms with van der Waals surface area (Å²) < 4.78 is 16.6. The van der Waals surface area contributed by atoms with Crippen molar-refractivity contribution < 1.29 is 19.3 Å². The van der Waals surface area contributed by atoms with Gasteiger partial charge in [0.2, 0.25) is 5.88 Å². The number of phenolic OH excluding ortho intramolecular Hbond substituents is 1. The van der Waals surface area contributed by atoms with Gasteiger partial charge in [-0.05, 0) is 35.4 Å². The fraction of sp³-hybridized carbons (Fsp3) is 0.286. The molecule has 2 aliphatic heterocycles. The van der Waals surface area contributed by atoms with Gasteiger partial charge in [-0.25, -0.2) is 10.9 Å². The summed E-state index contributed by atoms with van der Waals surface area (Å²) in [4.78, 5) is 0. The van der Waals surface area contributed by atoms with E-state index >= 15 is 0 Å². The molecule has 8 heteroatoms. The first-order chi connectivity index (χ1) is 14.1. The number of nitrogens with two attached hydrogens (primary N) is 1. The molecule has 0 spiro atoms. The van der Waals surface area contributed by atoms with Gasteiger partial charge in [0.05, 0.1) is 25.8 Å². The lowest BCUT2D eigenvalue weighted by molar-refractivity contribution is 0.0340. The number of hydrogen-bond donors (Lipinski definition) is 4. The van der Waals surface area contributed by atoms with Crippen LogP contribution in [0.2, 0.25) is 0 Å². The van der Waals surface area contributed by atoms with Crippen molar-refractivity contribution in [2.45, 2.75) is 18.2 Å². The van der Waals surface area contributed by atoms with Crippen molar-refractivity contribution in [3.63, 3.8) is 0 Å². The topological polar surface area (TPSA) is 122 Å². The van der Waals surface area contributed by atoms with E-state index in [4.69, 9.17) is 19.9 Å². The van der Waals surface area contributed by atoms with Gasteiger partial charge < -0.3 is 25.1 Å². The van der Waals surface area contributed by atoms with E-state index < -0.39 is 6.23 Å². The predicted octanol–water partition coefficient (Wildman–Crippen LogP) is 2.01. The van der Waals surface area contributed by atoms with Crippen molar-refractivity contribution in [2.75, 3.05) is 14.2 Å². The first kappa shape index (κ1) is 18.9. The molecule has 8 nitrogen and oxygen atoms in total. The molecule has 2 heterocycles. The van der Waals surface area contributed by atoms with Crippen LogP contribution in [0.1, 0.15) is 23.1 Å². The van der Waals surface area contributed by atoms with E-state index in [2.05, 4.69) is 16.9 Å². The second kappa shape index (κ2) is 7.54. The van der Waals surface area contributed by atoms with E-state index in [9.17, 15) is 10.4 Å². The van der Waals surface area contributed by atoms with Gasteiger partial charge >= 0.3 is 0 Å². The van der Waals surface area contributed by atoms with Crippen LogP contribution in [0, 0.1) is 17.2 Å². The fourth-order valence-electron chi connectivity index (χ4n) is 4.14. The molecule has 0 aromatic heterocycles. The molecule has 0 saturated carbocycles. The number of hydrogen-bond acceptors (Lipinski definition) is 8. The zero-order valence-corrected chi connectivity index (χ0v) is 16.0. The highest BCUT2D eigenvalue weighted by Crippen LogP contribution is 2.48. The first-order valence-electron chi connectivity index (χ1n) is 9.15. The normalized spacial score (nSPS) is 25.7. The number of ether oxygens (including phenoxy) is 3. The second-order valence-corrected chi connectivity index (χ2v) is 6.96. The highest BCUT2D eigenvalue weighted by molar-refractivity contribution is 5.47. The molecule has 150 valence electrons. The summed E-state index contributed by atoms with van der Waals surface area (Å²) >= 11 is 0. The summed E-state index contributed by atoms with van der Waals surface area (Å²) in [6.07, 6.45) is -0.447. The zero-order chi connectivity index (χ0) is 20.5. The number of rotatable bonds is 4. The maximum atomic E-state index is 9.99. The van der Waals surface area contributed by atoms with Crippen LogP contribution in [0.4, 0.5) is 0 Å². The van der Waals surface area contributed by atoms with Crippen molar-refractivity contribution in [3.8, 4) is 23.3 Å². The highest BCUT2D eigenvalue weighted by Gasteiger charge is 2.49. The molecule has 2 aromatic rings. The van der Waals surface area contributed by atoms with E-state index in [1.807, 2.05) is 24.3 Å². The summed E-state index contributed by atoms with van der Waals surface area (Å²) in [6.45, 7) is 0. The predicted molar refractivity (Wildman–Crippen MR) is 105 cm³/mol. The van der Waals surface area contributed by atoms with Crippen LogP contribution >= 0.6 is 0 Å². The molecule has 4 rings (SSSR count). The molecule has 0 aliphatic carbocycles. The molecule has 5 N–H and O–H groups in total. The molecule has 2 aliphatic rings. The summed E-state index contributed by atoms with van der Waals surface area (Å²) in [5.74, 6) is 0.886. The standard InChI is InChI=1S/C21H22N4O4/c1-27-15-7-6-12(9-16(15)28-2)19-18-17(11-4-3-5-13(26)8-11)14(10-22)20(23)29-21(18)25-24-19/h3-9,17-19,21,24-26H,23H2,1-2H3. The van der Waals surface area contributed by atoms with Crippen molar-refractivity contribution in [1.29, 1.82) is 5.26 Å². The van der Waals surface area contributed by atoms with Gasteiger partial charge in [0.1, 0.15) is 11.8 Å². The number of allylic oxidation sites excluding steroid dienone is 1. The minimum Gasteiger partial charge on any atom is -0.508 e. The average Bonchev–Trinajstić information content (AvgIpc) is 3.15. The fourth-order valence-corrected chi connectivity index (χ4v) is 4.14. The van der Waals surface area contributed by atoms with Gasteiger partial charge in [0, 0.05) is 11.8 Å². The molecule has 0 radical (unpaired) electrons. The Morgan fingerprint density at radius 1 is 1.07 bits per heavy atom. The Labute approximate surface area is 168 Å². The van der Waals surface area contributed by atoms with Gasteiger partial charge in [-0.15, -0.1) is 0 Å². The minimum atomic E-state index is -0.447. The molecule has 2 aromatic carbocycles. The molecular formula is C21H22N4O4. The lowest BCUT2D eigenvalue weighted by Crippen LogP contribution is -2.40. The quantitative estimate of drug-likeness (QED) is 0.621. The van der Waals surface area contributed by atoms with Gasteiger partial charge in [-0.2, -0.15) is 5.26 Å². The summed E-state index contributed by atoms with van der Waals surface area (Å²) in [7, 11) is 3.17. The van der Waals surface area contributed by atoms with Crippen LogP contribution in [-0.2, 0) is 4.74 Å². The molecule has 4 unspecified atom stereocenters. The van der Waals surface area contributed by atoms with Gasteiger partial charge in [0.25, 0.3) is 0 Å². The Bertz CT molecular complexity index is 1000. The first-order valence-corrected chi connectivity index (χ1v) is 9.15. The average molecular weight is 394 g/mol. The number of phenols is 1. The van der Waals surface area contributed by atoms with E-state index in [1.54, 1.807) is 32.4 Å². The van der Waals surface area contributed by atoms with E-state index in [1.165, 1.54) is 0 Å². The largest absolute Gasteiger partial charge is 0.508 e. The number of methoxy groups -OCH3 is 2. The van der Waals surface area contributed by atoms with Crippen LogP contribution in [0.3, 0.4) is 0 Å². The Morgan fingerprint density at radius 3 is 2.55 bits per heavy atom. The Morgan fingerprint density at radius 2 is 1.86 bits per heavy atom. The van der Waals surface area contributed by atoms with Crippen molar-refractivity contribution >= 4 is 0 Å². The smallest absolute Gasteiger partial charge is 0.200 e. The Balaban J connectivity index is 1.81. The van der Waals surface area contributed by atoms with Crippen molar-refractivity contribution in [1.82, 2.24) is 10.9 Å². The lowest BCUT2D eigenvalue weighted by Gasteiger charge is -2.36. The summed E-state index contributed by atoms with van der Waals surface area (Å²) in [5.41, 5.74) is 14.5. The Kier molecular flexibility index (Phi) is 4.92. The molecular weight excluding hydrogens is 372 g/mol. The van der Waals surface area contributed by atoms with Gasteiger partial charge in [0.15, 0.2) is 17.7 Å². The molecule has 29 heavy (non-hydrogen) atoms. The highest BCUT2D eigenvalue weighted by atomic mass is 16.5. The maximum Gasteiger partial charge on any atom is 0.200 e. The number of nitrogens with one attached hydrogen (secondary N) is 2.